The predicted molar refractivity (Wildman–Crippen MR) is 80.7 cm³/mol. The third-order valence-corrected chi connectivity index (χ3v) is 5.18. The Morgan fingerprint density at radius 3 is 2.48 bits per heavy atom. The molecule has 0 aromatic rings. The number of carbonyl (C=O) groups is 2. The highest BCUT2D eigenvalue weighted by atomic mass is 16.2. The largest absolute Gasteiger partial charge is 0.353 e. The van der Waals surface area contributed by atoms with E-state index in [-0.39, 0.29) is 17.7 Å². The number of nitrogens with one attached hydrogen (secondary N) is 1. The summed E-state index contributed by atoms with van der Waals surface area (Å²) < 4.78 is 0. The van der Waals surface area contributed by atoms with Crippen molar-refractivity contribution in [3.8, 4) is 0 Å². The molecular formula is C16H27N3O2. The fraction of sp³-hybridized carbons (Fsp3) is 0.875. The van der Waals surface area contributed by atoms with Crippen LogP contribution in [0.15, 0.2) is 0 Å². The predicted octanol–water partition coefficient (Wildman–Crippen LogP) is 0.845. The molecule has 5 nitrogen and oxygen atoms in total. The molecule has 0 bridgehead atoms. The van der Waals surface area contributed by atoms with E-state index < -0.39 is 0 Å². The number of amides is 2. The average Bonchev–Trinajstić information content (AvgIpc) is 3.28. The van der Waals surface area contributed by atoms with Gasteiger partial charge in [-0.25, -0.2) is 0 Å². The highest BCUT2D eigenvalue weighted by Crippen LogP contribution is 2.30. The second kappa shape index (κ2) is 6.34. The number of likely N-dealkylation sites (tertiary alicyclic amines) is 2. The van der Waals surface area contributed by atoms with E-state index >= 15 is 0 Å². The summed E-state index contributed by atoms with van der Waals surface area (Å²) in [5, 5.41) is 3.18. The van der Waals surface area contributed by atoms with Gasteiger partial charge in [-0.3, -0.25) is 9.59 Å². The van der Waals surface area contributed by atoms with E-state index in [1.54, 1.807) is 4.90 Å². The zero-order valence-electron chi connectivity index (χ0n) is 13.0. The van der Waals surface area contributed by atoms with Crippen molar-refractivity contribution in [1.29, 1.82) is 0 Å². The van der Waals surface area contributed by atoms with E-state index in [9.17, 15) is 9.59 Å². The maximum atomic E-state index is 12.3. The van der Waals surface area contributed by atoms with Gasteiger partial charge in [0.15, 0.2) is 0 Å². The first-order valence-corrected chi connectivity index (χ1v) is 8.38. The van der Waals surface area contributed by atoms with Crippen LogP contribution in [0.2, 0.25) is 0 Å². The molecule has 1 unspecified atom stereocenters. The highest BCUT2D eigenvalue weighted by Gasteiger charge is 2.31. The van der Waals surface area contributed by atoms with Gasteiger partial charge in [-0.2, -0.15) is 0 Å². The van der Waals surface area contributed by atoms with Gasteiger partial charge in [0.05, 0.1) is 0 Å². The minimum Gasteiger partial charge on any atom is -0.353 e. The topological polar surface area (TPSA) is 52.7 Å². The molecule has 0 spiro atoms. The van der Waals surface area contributed by atoms with Gasteiger partial charge in [-0.05, 0) is 38.0 Å². The van der Waals surface area contributed by atoms with Crippen molar-refractivity contribution >= 4 is 11.8 Å². The van der Waals surface area contributed by atoms with Crippen molar-refractivity contribution < 1.29 is 9.59 Å². The summed E-state index contributed by atoms with van der Waals surface area (Å²) >= 11 is 0. The van der Waals surface area contributed by atoms with Crippen molar-refractivity contribution in [2.45, 2.75) is 44.6 Å². The van der Waals surface area contributed by atoms with E-state index in [0.29, 0.717) is 19.0 Å². The van der Waals surface area contributed by atoms with Crippen LogP contribution in [-0.2, 0) is 9.59 Å². The Hall–Kier alpha value is -1.10. The van der Waals surface area contributed by atoms with Gasteiger partial charge >= 0.3 is 0 Å². The van der Waals surface area contributed by atoms with Gasteiger partial charge in [-0.1, -0.05) is 0 Å². The monoisotopic (exact) mass is 293 g/mol. The first kappa shape index (κ1) is 14.8. The number of hydrogen-bond donors (Lipinski definition) is 1. The van der Waals surface area contributed by atoms with Crippen LogP contribution >= 0.6 is 0 Å². The van der Waals surface area contributed by atoms with Gasteiger partial charge in [0.25, 0.3) is 0 Å². The van der Waals surface area contributed by atoms with Crippen molar-refractivity contribution in [1.82, 2.24) is 15.1 Å². The molecule has 0 aromatic heterocycles. The molecule has 3 aliphatic rings. The smallest absolute Gasteiger partial charge is 0.223 e. The first-order valence-electron chi connectivity index (χ1n) is 8.38. The number of hydrogen-bond acceptors (Lipinski definition) is 3. The summed E-state index contributed by atoms with van der Waals surface area (Å²) in [6, 6.07) is 0.308. The number of nitrogens with zero attached hydrogens (tertiary/aromatic N) is 2. The first-order chi connectivity index (χ1) is 10.1. The Morgan fingerprint density at radius 1 is 1.14 bits per heavy atom. The lowest BCUT2D eigenvalue weighted by Crippen LogP contribution is -2.48. The zero-order chi connectivity index (χ0) is 14.8. The van der Waals surface area contributed by atoms with Crippen LogP contribution in [-0.4, -0.2) is 60.9 Å². The Morgan fingerprint density at radius 2 is 1.86 bits per heavy atom. The molecule has 2 heterocycles. The fourth-order valence-electron chi connectivity index (χ4n) is 3.41. The summed E-state index contributed by atoms with van der Waals surface area (Å²) in [5.41, 5.74) is 0. The van der Waals surface area contributed by atoms with Crippen LogP contribution in [0.25, 0.3) is 0 Å². The van der Waals surface area contributed by atoms with Gasteiger partial charge in [-0.15, -0.1) is 0 Å². The van der Waals surface area contributed by atoms with Crippen LogP contribution in [0, 0.1) is 11.8 Å². The van der Waals surface area contributed by atoms with Gasteiger partial charge in [0.2, 0.25) is 11.8 Å². The molecule has 1 aliphatic carbocycles. The van der Waals surface area contributed by atoms with E-state index in [1.165, 1.54) is 19.4 Å². The molecule has 5 heteroatoms. The van der Waals surface area contributed by atoms with Crippen LogP contribution in [0.4, 0.5) is 0 Å². The maximum absolute atomic E-state index is 12.3. The van der Waals surface area contributed by atoms with Crippen LogP contribution < -0.4 is 5.32 Å². The molecule has 0 aromatic carbocycles. The Balaban J connectivity index is 1.40. The quantitative estimate of drug-likeness (QED) is 0.836. The summed E-state index contributed by atoms with van der Waals surface area (Å²) in [4.78, 5) is 28.2. The van der Waals surface area contributed by atoms with E-state index in [2.05, 4.69) is 10.2 Å². The Labute approximate surface area is 127 Å². The van der Waals surface area contributed by atoms with Gasteiger partial charge < -0.3 is 15.1 Å². The summed E-state index contributed by atoms with van der Waals surface area (Å²) in [7, 11) is 1.81. The Kier molecular flexibility index (Phi) is 4.48. The zero-order valence-corrected chi connectivity index (χ0v) is 13.0. The lowest BCUT2D eigenvalue weighted by atomic mass is 9.94. The molecule has 3 rings (SSSR count). The molecule has 1 saturated carbocycles. The minimum absolute atomic E-state index is 0.0945. The third kappa shape index (κ3) is 3.96. The second-order valence-corrected chi connectivity index (χ2v) is 7.03. The van der Waals surface area contributed by atoms with E-state index in [0.717, 1.165) is 38.3 Å². The average molecular weight is 293 g/mol. The maximum Gasteiger partial charge on any atom is 0.223 e. The molecular weight excluding hydrogens is 266 g/mol. The second-order valence-electron chi connectivity index (χ2n) is 7.03. The van der Waals surface area contributed by atoms with Crippen molar-refractivity contribution in [2.75, 3.05) is 33.2 Å². The SMILES string of the molecule is CN1CCC(C(=O)NC2CCN(CC3CC3)CC2)CC1=O. The van der Waals surface area contributed by atoms with Crippen LogP contribution in [0.5, 0.6) is 0 Å². The molecule has 1 atom stereocenters. The molecule has 1 N–H and O–H groups in total. The van der Waals surface area contributed by atoms with Crippen molar-refractivity contribution in [3.63, 3.8) is 0 Å². The molecule has 3 fully saturated rings. The van der Waals surface area contributed by atoms with Crippen molar-refractivity contribution in [2.24, 2.45) is 11.8 Å². The minimum atomic E-state index is -0.113. The molecule has 2 amide bonds. The van der Waals surface area contributed by atoms with Crippen LogP contribution in [0.1, 0.15) is 38.5 Å². The molecule has 21 heavy (non-hydrogen) atoms. The summed E-state index contributed by atoms with van der Waals surface area (Å²) in [5.74, 6) is 1.03. The lowest BCUT2D eigenvalue weighted by molar-refractivity contribution is -0.139. The molecule has 2 aliphatic heterocycles. The number of rotatable bonds is 4. The van der Waals surface area contributed by atoms with E-state index in [1.807, 2.05) is 7.05 Å². The Bertz CT molecular complexity index is 400. The molecule has 0 radical (unpaired) electrons. The summed E-state index contributed by atoms with van der Waals surface area (Å²) in [6.45, 7) is 4.17. The van der Waals surface area contributed by atoms with E-state index in [4.69, 9.17) is 0 Å². The lowest BCUT2D eigenvalue weighted by Gasteiger charge is -2.34. The van der Waals surface area contributed by atoms with Gasteiger partial charge in [0, 0.05) is 51.6 Å². The molecule has 118 valence electrons. The van der Waals surface area contributed by atoms with Gasteiger partial charge in [0.1, 0.15) is 0 Å². The highest BCUT2D eigenvalue weighted by molar-refractivity contribution is 5.86. The number of carbonyl (C=O) groups excluding carboxylic acids is 2. The van der Waals surface area contributed by atoms with Crippen molar-refractivity contribution in [3.05, 3.63) is 0 Å². The normalized spacial score (nSPS) is 28.7. The number of piperidine rings is 2. The standard InChI is InChI=1S/C16H27N3O2/c1-18-7-4-13(10-15(18)20)16(21)17-14-5-8-19(9-6-14)11-12-2-3-12/h12-14H,2-11H2,1H3,(H,17,21). The third-order valence-electron chi connectivity index (χ3n) is 5.18. The summed E-state index contributed by atoms with van der Waals surface area (Å²) in [6.07, 6.45) is 6.09. The van der Waals surface area contributed by atoms with Crippen LogP contribution in [0.3, 0.4) is 0 Å². The fourth-order valence-corrected chi connectivity index (χ4v) is 3.41. The molecule has 2 saturated heterocycles.